The molecule has 2 aromatic carbocycles. The summed E-state index contributed by atoms with van der Waals surface area (Å²) in [7, 11) is 0. The van der Waals surface area contributed by atoms with Crippen molar-refractivity contribution in [2.24, 2.45) is 0 Å². The Morgan fingerprint density at radius 2 is 1.61 bits per heavy atom. The summed E-state index contributed by atoms with van der Waals surface area (Å²) in [6.07, 6.45) is -0.547. The number of benzene rings is 2. The van der Waals surface area contributed by atoms with Crippen LogP contribution < -0.4 is 4.74 Å². The molecule has 3 nitrogen and oxygen atoms in total. The van der Waals surface area contributed by atoms with Crippen molar-refractivity contribution >= 4 is 5.97 Å². The molecular weight excluding hydrogens is 288 g/mol. The molecule has 0 heterocycles. The predicted octanol–water partition coefficient (Wildman–Crippen LogP) is 4.37. The lowest BCUT2D eigenvalue weighted by Crippen LogP contribution is -2.29. The summed E-state index contributed by atoms with van der Waals surface area (Å²) < 4.78 is 5.68. The highest BCUT2D eigenvalue weighted by Crippen LogP contribution is 2.25. The first-order valence-corrected chi connectivity index (χ1v) is 7.81. The highest BCUT2D eigenvalue weighted by atomic mass is 16.5. The predicted molar refractivity (Wildman–Crippen MR) is 92.1 cm³/mol. The number of aliphatic carboxylic acids is 1. The molecule has 0 radical (unpaired) electrons. The van der Waals surface area contributed by atoms with E-state index in [1.54, 1.807) is 0 Å². The molecule has 0 saturated heterocycles. The third-order valence-electron chi connectivity index (χ3n) is 3.82. The first kappa shape index (κ1) is 17.1. The van der Waals surface area contributed by atoms with E-state index in [4.69, 9.17) is 4.74 Å². The molecule has 2 rings (SSSR count). The van der Waals surface area contributed by atoms with Gasteiger partial charge in [-0.15, -0.1) is 0 Å². The largest absolute Gasteiger partial charge is 0.478 e. The Morgan fingerprint density at radius 1 is 1.04 bits per heavy atom. The Balaban J connectivity index is 2.10. The summed E-state index contributed by atoms with van der Waals surface area (Å²) in [5, 5.41) is 9.41. The Kier molecular flexibility index (Phi) is 5.09. The first-order chi connectivity index (χ1) is 10.8. The van der Waals surface area contributed by atoms with Gasteiger partial charge in [0.15, 0.2) is 6.10 Å². The lowest BCUT2D eigenvalue weighted by atomic mass is 9.87. The van der Waals surface area contributed by atoms with Crippen LogP contribution in [-0.4, -0.2) is 17.2 Å². The van der Waals surface area contributed by atoms with Gasteiger partial charge in [-0.05, 0) is 35.6 Å². The maximum atomic E-state index is 11.5. The monoisotopic (exact) mass is 312 g/mol. The van der Waals surface area contributed by atoms with Gasteiger partial charge in [0.2, 0.25) is 0 Å². The van der Waals surface area contributed by atoms with Crippen LogP contribution in [0, 0.1) is 6.92 Å². The Labute approximate surface area is 137 Å². The van der Waals surface area contributed by atoms with E-state index >= 15 is 0 Å². The zero-order valence-electron chi connectivity index (χ0n) is 14.2. The molecule has 1 atom stereocenters. The summed E-state index contributed by atoms with van der Waals surface area (Å²) in [5.74, 6) is -0.372. The molecule has 23 heavy (non-hydrogen) atoms. The molecule has 0 aliphatic heterocycles. The molecule has 0 aliphatic rings. The van der Waals surface area contributed by atoms with Gasteiger partial charge < -0.3 is 9.84 Å². The molecule has 0 spiro atoms. The smallest absolute Gasteiger partial charge is 0.345 e. The average Bonchev–Trinajstić information content (AvgIpc) is 2.48. The van der Waals surface area contributed by atoms with E-state index in [-0.39, 0.29) is 5.41 Å². The fourth-order valence-electron chi connectivity index (χ4n) is 2.32. The minimum Gasteiger partial charge on any atom is -0.478 e. The third-order valence-corrected chi connectivity index (χ3v) is 3.82. The molecular formula is C20H24O3. The van der Waals surface area contributed by atoms with Gasteiger partial charge in [-0.25, -0.2) is 4.79 Å². The van der Waals surface area contributed by atoms with Crippen molar-refractivity contribution in [3.8, 4) is 5.75 Å². The van der Waals surface area contributed by atoms with Crippen LogP contribution in [0.3, 0.4) is 0 Å². The lowest BCUT2D eigenvalue weighted by molar-refractivity contribution is -0.145. The molecule has 122 valence electrons. The van der Waals surface area contributed by atoms with Crippen molar-refractivity contribution in [2.75, 3.05) is 0 Å². The van der Waals surface area contributed by atoms with Crippen LogP contribution in [0.25, 0.3) is 0 Å². The topological polar surface area (TPSA) is 46.5 Å². The van der Waals surface area contributed by atoms with Crippen LogP contribution in [-0.2, 0) is 16.6 Å². The molecule has 0 amide bonds. The maximum Gasteiger partial charge on any atom is 0.345 e. The van der Waals surface area contributed by atoms with E-state index in [1.165, 1.54) is 5.56 Å². The quantitative estimate of drug-likeness (QED) is 0.892. The summed E-state index contributed by atoms with van der Waals surface area (Å²) in [5.41, 5.74) is 3.36. The van der Waals surface area contributed by atoms with Gasteiger partial charge in [-0.2, -0.15) is 0 Å². The van der Waals surface area contributed by atoms with E-state index in [1.807, 2.05) is 55.5 Å². The molecule has 0 aliphatic carbocycles. The fourth-order valence-corrected chi connectivity index (χ4v) is 2.32. The van der Waals surface area contributed by atoms with Gasteiger partial charge in [0.25, 0.3) is 0 Å². The van der Waals surface area contributed by atoms with Crippen LogP contribution >= 0.6 is 0 Å². The minimum absolute atomic E-state index is 0.0621. The van der Waals surface area contributed by atoms with Crippen LogP contribution in [0.15, 0.2) is 48.5 Å². The standard InChI is InChI=1S/C20H24O3/c1-14-5-7-15(8-6-14)13-18(19(21)22)23-17-11-9-16(10-12-17)20(2,3)4/h5-12,18H,13H2,1-4H3,(H,21,22)/t18-/m0/s1. The van der Waals surface area contributed by atoms with Gasteiger partial charge in [-0.1, -0.05) is 62.7 Å². The molecule has 0 bridgehead atoms. The zero-order chi connectivity index (χ0) is 17.0. The fraction of sp³-hybridized carbons (Fsp3) is 0.350. The number of carboxylic acid groups (broad SMARTS) is 1. The van der Waals surface area contributed by atoms with Crippen molar-refractivity contribution in [1.29, 1.82) is 0 Å². The number of ether oxygens (including phenoxy) is 1. The third kappa shape index (κ3) is 4.85. The Hall–Kier alpha value is -2.29. The second-order valence-electron chi connectivity index (χ2n) is 6.91. The summed E-state index contributed by atoms with van der Waals surface area (Å²) in [4.78, 5) is 11.5. The van der Waals surface area contributed by atoms with E-state index in [2.05, 4.69) is 20.8 Å². The summed E-state index contributed by atoms with van der Waals surface area (Å²) in [6, 6.07) is 15.5. The maximum absolute atomic E-state index is 11.5. The summed E-state index contributed by atoms with van der Waals surface area (Å²) >= 11 is 0. The van der Waals surface area contributed by atoms with E-state index in [9.17, 15) is 9.90 Å². The first-order valence-electron chi connectivity index (χ1n) is 7.81. The van der Waals surface area contributed by atoms with Crippen LogP contribution in [0.2, 0.25) is 0 Å². The number of carboxylic acids is 1. The van der Waals surface area contributed by atoms with Crippen LogP contribution in [0.5, 0.6) is 5.75 Å². The SMILES string of the molecule is Cc1ccc(C[C@H](Oc2ccc(C(C)(C)C)cc2)C(=O)O)cc1. The normalized spacial score (nSPS) is 12.7. The Morgan fingerprint density at radius 3 is 2.09 bits per heavy atom. The second kappa shape index (κ2) is 6.86. The minimum atomic E-state index is -0.953. The average molecular weight is 312 g/mol. The van der Waals surface area contributed by atoms with Crippen molar-refractivity contribution in [1.82, 2.24) is 0 Å². The van der Waals surface area contributed by atoms with Gasteiger partial charge in [0.05, 0.1) is 0 Å². The molecule has 2 aromatic rings. The van der Waals surface area contributed by atoms with Crippen LogP contribution in [0.4, 0.5) is 0 Å². The molecule has 0 aromatic heterocycles. The number of rotatable bonds is 5. The van der Waals surface area contributed by atoms with Gasteiger partial charge in [0.1, 0.15) is 5.75 Å². The number of hydrogen-bond donors (Lipinski definition) is 1. The molecule has 1 N–H and O–H groups in total. The van der Waals surface area contributed by atoms with Gasteiger partial charge >= 0.3 is 5.97 Å². The van der Waals surface area contributed by atoms with Crippen molar-refractivity contribution in [3.05, 3.63) is 65.2 Å². The number of carbonyl (C=O) groups is 1. The van der Waals surface area contributed by atoms with Gasteiger partial charge in [0, 0.05) is 6.42 Å². The zero-order valence-corrected chi connectivity index (χ0v) is 14.2. The van der Waals surface area contributed by atoms with Crippen LogP contribution in [0.1, 0.15) is 37.5 Å². The summed E-state index contributed by atoms with van der Waals surface area (Å²) in [6.45, 7) is 8.42. The molecule has 0 unspecified atom stereocenters. The van der Waals surface area contributed by atoms with Gasteiger partial charge in [-0.3, -0.25) is 0 Å². The van der Waals surface area contributed by atoms with Crippen molar-refractivity contribution in [2.45, 2.75) is 45.6 Å². The highest BCUT2D eigenvalue weighted by Gasteiger charge is 2.20. The highest BCUT2D eigenvalue weighted by molar-refractivity contribution is 5.73. The second-order valence-corrected chi connectivity index (χ2v) is 6.91. The molecule has 0 fully saturated rings. The van der Waals surface area contributed by atoms with E-state index in [0.29, 0.717) is 12.2 Å². The van der Waals surface area contributed by atoms with Crippen molar-refractivity contribution < 1.29 is 14.6 Å². The molecule has 0 saturated carbocycles. The van der Waals surface area contributed by atoms with E-state index < -0.39 is 12.1 Å². The van der Waals surface area contributed by atoms with E-state index in [0.717, 1.165) is 11.1 Å². The van der Waals surface area contributed by atoms with Crippen molar-refractivity contribution in [3.63, 3.8) is 0 Å². The Bertz CT molecular complexity index is 649. The number of hydrogen-bond acceptors (Lipinski definition) is 2. The number of aryl methyl sites for hydroxylation is 1. The molecule has 3 heteroatoms. The lowest BCUT2D eigenvalue weighted by Gasteiger charge is -2.20.